The van der Waals surface area contributed by atoms with Crippen LogP contribution in [0.5, 0.6) is 11.6 Å². The minimum atomic E-state index is -0.0258. The summed E-state index contributed by atoms with van der Waals surface area (Å²) in [5, 5.41) is 0. The zero-order valence-corrected chi connectivity index (χ0v) is 11.2. The van der Waals surface area contributed by atoms with Gasteiger partial charge in [-0.1, -0.05) is 12.1 Å². The number of pyridine rings is 1. The van der Waals surface area contributed by atoms with Gasteiger partial charge in [0.2, 0.25) is 5.88 Å². The molecule has 4 nitrogen and oxygen atoms in total. The van der Waals surface area contributed by atoms with Crippen molar-refractivity contribution in [2.45, 2.75) is 19.6 Å². The second-order valence-corrected chi connectivity index (χ2v) is 4.36. The SMILES string of the molecule is COc1cccc(COc2cc([C@@H](C)N)ccn2)c1. The summed E-state index contributed by atoms with van der Waals surface area (Å²) in [4.78, 5) is 4.17. The number of benzene rings is 1. The molecule has 100 valence electrons. The van der Waals surface area contributed by atoms with Gasteiger partial charge in [0.15, 0.2) is 0 Å². The normalized spacial score (nSPS) is 11.9. The molecule has 1 heterocycles. The molecule has 0 saturated carbocycles. The van der Waals surface area contributed by atoms with E-state index in [1.165, 1.54) is 0 Å². The van der Waals surface area contributed by atoms with Gasteiger partial charge in [-0.3, -0.25) is 0 Å². The average Bonchev–Trinajstić information content (AvgIpc) is 2.45. The zero-order valence-electron chi connectivity index (χ0n) is 11.2. The Kier molecular flexibility index (Phi) is 4.36. The molecule has 0 aliphatic heterocycles. The van der Waals surface area contributed by atoms with Crippen molar-refractivity contribution in [3.05, 3.63) is 53.7 Å². The molecule has 0 unspecified atom stereocenters. The maximum absolute atomic E-state index is 5.83. The average molecular weight is 258 g/mol. The van der Waals surface area contributed by atoms with Crippen LogP contribution in [-0.2, 0) is 6.61 Å². The van der Waals surface area contributed by atoms with Gasteiger partial charge < -0.3 is 15.2 Å². The zero-order chi connectivity index (χ0) is 13.7. The van der Waals surface area contributed by atoms with E-state index >= 15 is 0 Å². The van der Waals surface area contributed by atoms with Gasteiger partial charge in [0, 0.05) is 18.3 Å². The number of ether oxygens (including phenoxy) is 2. The van der Waals surface area contributed by atoms with E-state index in [2.05, 4.69) is 4.98 Å². The highest BCUT2D eigenvalue weighted by Gasteiger charge is 2.03. The van der Waals surface area contributed by atoms with Crippen molar-refractivity contribution in [2.24, 2.45) is 5.73 Å². The molecule has 0 aliphatic rings. The van der Waals surface area contributed by atoms with Gasteiger partial charge in [-0.05, 0) is 36.2 Å². The molecule has 1 atom stereocenters. The summed E-state index contributed by atoms with van der Waals surface area (Å²) in [5.41, 5.74) is 7.87. The fraction of sp³-hybridized carbons (Fsp3) is 0.267. The monoisotopic (exact) mass is 258 g/mol. The van der Waals surface area contributed by atoms with E-state index in [1.807, 2.05) is 43.3 Å². The summed E-state index contributed by atoms with van der Waals surface area (Å²) in [6, 6.07) is 11.5. The number of methoxy groups -OCH3 is 1. The summed E-state index contributed by atoms with van der Waals surface area (Å²) in [6.07, 6.45) is 1.71. The smallest absolute Gasteiger partial charge is 0.213 e. The maximum atomic E-state index is 5.83. The van der Waals surface area contributed by atoms with Crippen LogP contribution in [-0.4, -0.2) is 12.1 Å². The fourth-order valence-corrected chi connectivity index (χ4v) is 1.71. The Labute approximate surface area is 113 Å². The number of hydrogen-bond donors (Lipinski definition) is 1. The van der Waals surface area contributed by atoms with Gasteiger partial charge in [0.25, 0.3) is 0 Å². The van der Waals surface area contributed by atoms with Crippen LogP contribution in [0.25, 0.3) is 0 Å². The number of rotatable bonds is 5. The van der Waals surface area contributed by atoms with E-state index in [0.29, 0.717) is 12.5 Å². The highest BCUT2D eigenvalue weighted by Crippen LogP contribution is 2.17. The molecular weight excluding hydrogens is 240 g/mol. The third-order valence-electron chi connectivity index (χ3n) is 2.81. The third kappa shape index (κ3) is 3.69. The molecule has 2 N–H and O–H groups in total. The van der Waals surface area contributed by atoms with Crippen molar-refractivity contribution in [1.29, 1.82) is 0 Å². The second-order valence-electron chi connectivity index (χ2n) is 4.36. The largest absolute Gasteiger partial charge is 0.497 e. The van der Waals surface area contributed by atoms with Gasteiger partial charge in [-0.25, -0.2) is 4.98 Å². The third-order valence-corrected chi connectivity index (χ3v) is 2.81. The molecule has 2 aromatic rings. The van der Waals surface area contributed by atoms with E-state index in [-0.39, 0.29) is 6.04 Å². The predicted octanol–water partition coefficient (Wildman–Crippen LogP) is 2.69. The summed E-state index contributed by atoms with van der Waals surface area (Å²) in [7, 11) is 1.65. The Morgan fingerprint density at radius 3 is 2.84 bits per heavy atom. The van der Waals surface area contributed by atoms with Gasteiger partial charge in [-0.15, -0.1) is 0 Å². The van der Waals surface area contributed by atoms with Crippen LogP contribution in [0.3, 0.4) is 0 Å². The van der Waals surface area contributed by atoms with Gasteiger partial charge in [-0.2, -0.15) is 0 Å². The molecular formula is C15H18N2O2. The van der Waals surface area contributed by atoms with Crippen molar-refractivity contribution < 1.29 is 9.47 Å². The Balaban J connectivity index is 2.03. The van der Waals surface area contributed by atoms with E-state index in [0.717, 1.165) is 16.9 Å². The quantitative estimate of drug-likeness (QED) is 0.895. The minimum Gasteiger partial charge on any atom is -0.497 e. The van der Waals surface area contributed by atoms with E-state index < -0.39 is 0 Å². The van der Waals surface area contributed by atoms with Crippen molar-refractivity contribution in [3.63, 3.8) is 0 Å². The van der Waals surface area contributed by atoms with Crippen LogP contribution >= 0.6 is 0 Å². The molecule has 0 amide bonds. The summed E-state index contributed by atoms with van der Waals surface area (Å²) in [5.74, 6) is 1.40. The number of aromatic nitrogens is 1. The van der Waals surface area contributed by atoms with Gasteiger partial charge >= 0.3 is 0 Å². The molecule has 19 heavy (non-hydrogen) atoms. The molecule has 1 aromatic heterocycles. The minimum absolute atomic E-state index is 0.0258. The van der Waals surface area contributed by atoms with Crippen LogP contribution in [0.4, 0.5) is 0 Å². The lowest BCUT2D eigenvalue weighted by Gasteiger charge is -2.09. The van der Waals surface area contributed by atoms with Crippen LogP contribution in [0.1, 0.15) is 24.1 Å². The van der Waals surface area contributed by atoms with Gasteiger partial charge in [0.05, 0.1) is 7.11 Å². The Bertz CT molecular complexity index is 541. The fourth-order valence-electron chi connectivity index (χ4n) is 1.71. The van der Waals surface area contributed by atoms with Crippen LogP contribution in [0.2, 0.25) is 0 Å². The van der Waals surface area contributed by atoms with Crippen molar-refractivity contribution in [1.82, 2.24) is 4.98 Å². The van der Waals surface area contributed by atoms with Crippen molar-refractivity contribution >= 4 is 0 Å². The number of hydrogen-bond acceptors (Lipinski definition) is 4. The first-order valence-corrected chi connectivity index (χ1v) is 6.16. The first-order chi connectivity index (χ1) is 9.19. The van der Waals surface area contributed by atoms with Crippen LogP contribution in [0, 0.1) is 0 Å². The second kappa shape index (κ2) is 6.20. The predicted molar refractivity (Wildman–Crippen MR) is 74.2 cm³/mol. The number of nitrogens with zero attached hydrogens (tertiary/aromatic N) is 1. The number of nitrogens with two attached hydrogens (primary N) is 1. The first kappa shape index (κ1) is 13.4. The molecule has 1 aromatic carbocycles. The Morgan fingerprint density at radius 1 is 1.26 bits per heavy atom. The highest BCUT2D eigenvalue weighted by molar-refractivity contribution is 5.28. The highest BCUT2D eigenvalue weighted by atomic mass is 16.5. The Morgan fingerprint density at radius 2 is 2.11 bits per heavy atom. The topological polar surface area (TPSA) is 57.4 Å². The lowest BCUT2D eigenvalue weighted by Crippen LogP contribution is -2.06. The molecule has 4 heteroatoms. The molecule has 0 saturated heterocycles. The first-order valence-electron chi connectivity index (χ1n) is 6.16. The van der Waals surface area contributed by atoms with E-state index in [9.17, 15) is 0 Å². The van der Waals surface area contributed by atoms with Crippen LogP contribution in [0.15, 0.2) is 42.6 Å². The molecule has 0 aliphatic carbocycles. The molecule has 2 rings (SSSR count). The lowest BCUT2D eigenvalue weighted by atomic mass is 10.1. The summed E-state index contributed by atoms with van der Waals surface area (Å²) < 4.78 is 10.8. The molecule has 0 spiro atoms. The van der Waals surface area contributed by atoms with Crippen molar-refractivity contribution in [3.8, 4) is 11.6 Å². The standard InChI is InChI=1S/C15H18N2O2/c1-11(16)13-6-7-17-15(9-13)19-10-12-4-3-5-14(8-12)18-2/h3-9,11H,10,16H2,1-2H3/t11-/m1/s1. The maximum Gasteiger partial charge on any atom is 0.213 e. The molecule has 0 radical (unpaired) electrons. The van der Waals surface area contributed by atoms with E-state index in [4.69, 9.17) is 15.2 Å². The van der Waals surface area contributed by atoms with E-state index in [1.54, 1.807) is 13.3 Å². The van der Waals surface area contributed by atoms with Crippen molar-refractivity contribution in [2.75, 3.05) is 7.11 Å². The summed E-state index contributed by atoms with van der Waals surface area (Å²) >= 11 is 0. The molecule has 0 fully saturated rings. The molecule has 0 bridgehead atoms. The van der Waals surface area contributed by atoms with Gasteiger partial charge in [0.1, 0.15) is 12.4 Å². The Hall–Kier alpha value is -2.07. The van der Waals surface area contributed by atoms with Crippen LogP contribution < -0.4 is 15.2 Å². The summed E-state index contributed by atoms with van der Waals surface area (Å²) in [6.45, 7) is 2.38. The lowest BCUT2D eigenvalue weighted by molar-refractivity contribution is 0.292.